The van der Waals surface area contributed by atoms with Crippen LogP contribution in [-0.4, -0.2) is 24.7 Å². The van der Waals surface area contributed by atoms with Gasteiger partial charge < -0.3 is 9.84 Å². The molecule has 0 bridgehead atoms. The van der Waals surface area contributed by atoms with Gasteiger partial charge in [-0.3, -0.25) is 5.32 Å². The molecule has 0 amide bonds. The predicted molar refractivity (Wildman–Crippen MR) is 31.3 cm³/mol. The lowest BCUT2D eigenvalue weighted by Crippen LogP contribution is -2.28. The molecule has 2 N–H and O–H groups in total. The van der Waals surface area contributed by atoms with E-state index in [0.29, 0.717) is 6.73 Å². The molecular formula is C5H13NO2. The van der Waals surface area contributed by atoms with E-state index < -0.39 is 5.79 Å². The van der Waals surface area contributed by atoms with E-state index in [1.807, 2.05) is 0 Å². The van der Waals surface area contributed by atoms with E-state index in [9.17, 15) is 0 Å². The van der Waals surface area contributed by atoms with Gasteiger partial charge in [0.05, 0.1) is 6.73 Å². The lowest BCUT2D eigenvalue weighted by molar-refractivity contribution is -0.179. The minimum absolute atomic E-state index is 0.378. The molecule has 0 aliphatic heterocycles. The molecule has 3 nitrogen and oxygen atoms in total. The fourth-order valence-electron chi connectivity index (χ4n) is 0.249. The Hall–Kier alpha value is -0.120. The summed E-state index contributed by atoms with van der Waals surface area (Å²) in [5.41, 5.74) is 0. The Morgan fingerprint density at radius 2 is 2.12 bits per heavy atom. The maximum absolute atomic E-state index is 8.89. The second-order valence-corrected chi connectivity index (χ2v) is 2.09. The van der Waals surface area contributed by atoms with Crippen LogP contribution in [0.5, 0.6) is 0 Å². The summed E-state index contributed by atoms with van der Waals surface area (Å²) >= 11 is 0. The lowest BCUT2D eigenvalue weighted by Gasteiger charge is -2.16. The van der Waals surface area contributed by atoms with Gasteiger partial charge in [0.2, 0.25) is 0 Å². The summed E-state index contributed by atoms with van der Waals surface area (Å²) < 4.78 is 4.82. The highest BCUT2D eigenvalue weighted by Gasteiger charge is 2.09. The molecule has 0 radical (unpaired) electrons. The minimum atomic E-state index is -1.01. The largest absolute Gasteiger partial charge is 0.366 e. The Balaban J connectivity index is 3.11. The first-order chi connectivity index (χ1) is 3.56. The Labute approximate surface area is 49.7 Å². The Kier molecular flexibility index (Phi) is 2.97. The first kappa shape index (κ1) is 7.88. The van der Waals surface area contributed by atoms with Crippen molar-refractivity contribution in [1.29, 1.82) is 0 Å². The minimum Gasteiger partial charge on any atom is -0.366 e. The Morgan fingerprint density at radius 3 is 2.25 bits per heavy atom. The third-order valence-corrected chi connectivity index (χ3v) is 0.570. The molecule has 0 rings (SSSR count). The lowest BCUT2D eigenvalue weighted by atomic mass is 10.4. The summed E-state index contributed by atoms with van der Waals surface area (Å²) in [6.45, 7) is 3.55. The van der Waals surface area contributed by atoms with Crippen molar-refractivity contribution in [1.82, 2.24) is 5.32 Å². The van der Waals surface area contributed by atoms with Gasteiger partial charge in [-0.25, -0.2) is 0 Å². The van der Waals surface area contributed by atoms with Gasteiger partial charge >= 0.3 is 0 Å². The van der Waals surface area contributed by atoms with Crippen molar-refractivity contribution in [2.45, 2.75) is 19.6 Å². The quantitative estimate of drug-likeness (QED) is 0.510. The molecule has 0 unspecified atom stereocenters. The number of nitrogens with one attached hydrogen (secondary N) is 1. The molecule has 0 aromatic heterocycles. The maximum Gasteiger partial charge on any atom is 0.161 e. The van der Waals surface area contributed by atoms with Crippen molar-refractivity contribution in [3.63, 3.8) is 0 Å². The van der Waals surface area contributed by atoms with E-state index in [-0.39, 0.29) is 0 Å². The highest BCUT2D eigenvalue weighted by Crippen LogP contribution is 1.99. The zero-order valence-corrected chi connectivity index (χ0v) is 5.56. The van der Waals surface area contributed by atoms with Crippen molar-refractivity contribution >= 4 is 0 Å². The van der Waals surface area contributed by atoms with Crippen LogP contribution < -0.4 is 5.32 Å². The molecule has 0 aromatic rings. The van der Waals surface area contributed by atoms with Gasteiger partial charge in [-0.05, 0) is 20.9 Å². The van der Waals surface area contributed by atoms with E-state index in [1.165, 1.54) is 0 Å². The topological polar surface area (TPSA) is 41.5 Å². The summed E-state index contributed by atoms with van der Waals surface area (Å²) in [5.74, 6) is -1.01. The second kappa shape index (κ2) is 3.02. The first-order valence-corrected chi connectivity index (χ1v) is 2.57. The van der Waals surface area contributed by atoms with Crippen LogP contribution in [0.25, 0.3) is 0 Å². The van der Waals surface area contributed by atoms with Gasteiger partial charge in [0.1, 0.15) is 0 Å². The molecule has 0 aliphatic carbocycles. The second-order valence-electron chi connectivity index (χ2n) is 2.09. The van der Waals surface area contributed by atoms with Crippen molar-refractivity contribution in [2.75, 3.05) is 13.8 Å². The number of aliphatic hydroxyl groups is 1. The van der Waals surface area contributed by atoms with Gasteiger partial charge in [0.15, 0.2) is 5.79 Å². The fraction of sp³-hybridized carbons (Fsp3) is 1.00. The van der Waals surface area contributed by atoms with Gasteiger partial charge in [-0.15, -0.1) is 0 Å². The molecule has 8 heavy (non-hydrogen) atoms. The highest BCUT2D eigenvalue weighted by molar-refractivity contribution is 4.45. The van der Waals surface area contributed by atoms with E-state index in [2.05, 4.69) is 5.32 Å². The monoisotopic (exact) mass is 119 g/mol. The standard InChI is InChI=1S/C5H13NO2/c1-5(2,7)8-4-6-3/h6-7H,4H2,1-3H3. The van der Waals surface area contributed by atoms with Gasteiger partial charge in [-0.2, -0.15) is 0 Å². The Morgan fingerprint density at radius 1 is 1.62 bits per heavy atom. The molecule has 50 valence electrons. The molecular weight excluding hydrogens is 106 g/mol. The van der Waals surface area contributed by atoms with Crippen molar-refractivity contribution in [2.24, 2.45) is 0 Å². The van der Waals surface area contributed by atoms with Crippen LogP contribution in [0.4, 0.5) is 0 Å². The summed E-state index contributed by atoms with van der Waals surface area (Å²) in [6.07, 6.45) is 0. The van der Waals surface area contributed by atoms with Gasteiger partial charge in [0.25, 0.3) is 0 Å². The maximum atomic E-state index is 8.89. The number of rotatable bonds is 3. The van der Waals surface area contributed by atoms with E-state index in [1.54, 1.807) is 20.9 Å². The van der Waals surface area contributed by atoms with Crippen LogP contribution in [-0.2, 0) is 4.74 Å². The molecule has 0 heterocycles. The summed E-state index contributed by atoms with van der Waals surface area (Å²) in [4.78, 5) is 0. The van der Waals surface area contributed by atoms with Crippen LogP contribution in [0.15, 0.2) is 0 Å². The zero-order chi connectivity index (χ0) is 6.62. The SMILES string of the molecule is CNCOC(C)(C)O. The normalized spacial score (nSPS) is 12.0. The highest BCUT2D eigenvalue weighted by atomic mass is 16.6. The van der Waals surface area contributed by atoms with Crippen LogP contribution in [0.3, 0.4) is 0 Å². The van der Waals surface area contributed by atoms with Crippen LogP contribution in [0.1, 0.15) is 13.8 Å². The number of hydrogen-bond acceptors (Lipinski definition) is 3. The molecule has 0 spiro atoms. The molecule has 0 aromatic carbocycles. The third kappa shape index (κ3) is 5.88. The summed E-state index contributed by atoms with van der Waals surface area (Å²) in [6, 6.07) is 0. The average molecular weight is 119 g/mol. The van der Waals surface area contributed by atoms with E-state index >= 15 is 0 Å². The molecule has 0 aliphatic rings. The molecule has 0 atom stereocenters. The van der Waals surface area contributed by atoms with Crippen molar-refractivity contribution in [3.05, 3.63) is 0 Å². The fourth-order valence-corrected chi connectivity index (χ4v) is 0.249. The van der Waals surface area contributed by atoms with E-state index in [4.69, 9.17) is 9.84 Å². The summed E-state index contributed by atoms with van der Waals surface area (Å²) in [5, 5.41) is 11.6. The van der Waals surface area contributed by atoms with Crippen LogP contribution in [0, 0.1) is 0 Å². The zero-order valence-electron chi connectivity index (χ0n) is 5.56. The molecule has 0 fully saturated rings. The van der Waals surface area contributed by atoms with E-state index in [0.717, 1.165) is 0 Å². The predicted octanol–water partition coefficient (Wildman–Crippen LogP) is -0.0917. The van der Waals surface area contributed by atoms with Crippen molar-refractivity contribution in [3.8, 4) is 0 Å². The third-order valence-electron chi connectivity index (χ3n) is 0.570. The number of hydrogen-bond donors (Lipinski definition) is 2. The summed E-state index contributed by atoms with van der Waals surface area (Å²) in [7, 11) is 1.76. The smallest absolute Gasteiger partial charge is 0.161 e. The molecule has 0 saturated heterocycles. The number of ether oxygens (including phenoxy) is 1. The average Bonchev–Trinajstić information content (AvgIpc) is 1.59. The Bertz CT molecular complexity index is 57.9. The van der Waals surface area contributed by atoms with Gasteiger partial charge in [-0.1, -0.05) is 0 Å². The first-order valence-electron chi connectivity index (χ1n) is 2.57. The molecule has 3 heteroatoms. The van der Waals surface area contributed by atoms with Gasteiger partial charge in [0, 0.05) is 0 Å². The van der Waals surface area contributed by atoms with Crippen LogP contribution >= 0.6 is 0 Å². The van der Waals surface area contributed by atoms with Crippen LogP contribution in [0.2, 0.25) is 0 Å². The van der Waals surface area contributed by atoms with Crippen molar-refractivity contribution < 1.29 is 9.84 Å². The molecule has 0 saturated carbocycles.